The zero-order chi connectivity index (χ0) is 12.7. The Balaban J connectivity index is 1.68. The summed E-state index contributed by atoms with van der Waals surface area (Å²) in [5.74, 6) is 3.18. The molecule has 4 atom stereocenters. The van der Waals surface area contributed by atoms with Crippen LogP contribution in [0.25, 0.3) is 0 Å². The van der Waals surface area contributed by atoms with Crippen molar-refractivity contribution in [3.63, 3.8) is 0 Å². The molecule has 2 aliphatic carbocycles. The molecule has 5 nitrogen and oxygen atoms in total. The lowest BCUT2D eigenvalue weighted by atomic mass is 9.84. The number of hydrogen-bond acceptors (Lipinski definition) is 5. The van der Waals surface area contributed by atoms with Gasteiger partial charge in [-0.15, -0.1) is 0 Å². The van der Waals surface area contributed by atoms with E-state index < -0.39 is 0 Å². The average molecular weight is 268 g/mol. The van der Waals surface area contributed by atoms with E-state index in [2.05, 4.69) is 27.2 Å². The highest BCUT2D eigenvalue weighted by molar-refractivity contribution is 6.28. The lowest BCUT2D eigenvalue weighted by molar-refractivity contribution is 0.303. The number of hydrogen-bond donors (Lipinski definition) is 2. The van der Waals surface area contributed by atoms with Crippen molar-refractivity contribution in [3.05, 3.63) is 5.28 Å². The fraction of sp³-hybridized carbons (Fsp3) is 0.750. The summed E-state index contributed by atoms with van der Waals surface area (Å²) >= 11 is 5.77. The molecule has 4 unspecified atom stereocenters. The highest BCUT2D eigenvalue weighted by Gasteiger charge is 2.41. The van der Waals surface area contributed by atoms with Crippen LogP contribution in [-0.4, -0.2) is 21.0 Å². The lowest BCUT2D eigenvalue weighted by Crippen LogP contribution is -2.30. The molecule has 18 heavy (non-hydrogen) atoms. The predicted octanol–water partition coefficient (Wildman–Crippen LogP) is 2.34. The van der Waals surface area contributed by atoms with E-state index in [1.165, 1.54) is 25.7 Å². The van der Waals surface area contributed by atoms with Gasteiger partial charge in [0, 0.05) is 6.04 Å². The first-order valence-corrected chi connectivity index (χ1v) is 6.93. The molecule has 98 valence electrons. The molecule has 1 aromatic rings. The minimum Gasteiger partial charge on any atom is -0.368 e. The fourth-order valence-corrected chi connectivity index (χ4v) is 3.81. The third-order valence-electron chi connectivity index (χ3n) is 4.42. The number of nitrogens with one attached hydrogen (secondary N) is 1. The van der Waals surface area contributed by atoms with Crippen LogP contribution in [-0.2, 0) is 0 Å². The molecular formula is C12H18ClN5. The summed E-state index contributed by atoms with van der Waals surface area (Å²) in [6.45, 7) is 2.19. The van der Waals surface area contributed by atoms with Gasteiger partial charge in [-0.25, -0.2) is 0 Å². The average Bonchev–Trinajstić information content (AvgIpc) is 2.88. The number of nitrogens with zero attached hydrogens (tertiary/aromatic N) is 3. The molecule has 0 radical (unpaired) electrons. The number of halogens is 1. The van der Waals surface area contributed by atoms with Crippen molar-refractivity contribution in [2.75, 3.05) is 11.1 Å². The van der Waals surface area contributed by atoms with Crippen LogP contribution >= 0.6 is 11.6 Å². The van der Waals surface area contributed by atoms with Gasteiger partial charge in [0.15, 0.2) is 0 Å². The minimum absolute atomic E-state index is 0.144. The number of nitrogen functional groups attached to an aromatic ring is 1. The molecule has 0 aromatic carbocycles. The van der Waals surface area contributed by atoms with E-state index in [1.54, 1.807) is 0 Å². The molecule has 6 heteroatoms. The summed E-state index contributed by atoms with van der Waals surface area (Å²) in [5, 5.41) is 3.47. The van der Waals surface area contributed by atoms with Crippen molar-refractivity contribution in [1.29, 1.82) is 0 Å². The Morgan fingerprint density at radius 3 is 2.72 bits per heavy atom. The molecule has 3 N–H and O–H groups in total. The van der Waals surface area contributed by atoms with Crippen LogP contribution < -0.4 is 11.1 Å². The van der Waals surface area contributed by atoms with Gasteiger partial charge in [-0.3, -0.25) is 0 Å². The topological polar surface area (TPSA) is 76.7 Å². The van der Waals surface area contributed by atoms with Gasteiger partial charge in [-0.2, -0.15) is 15.0 Å². The summed E-state index contributed by atoms with van der Waals surface area (Å²) in [5.41, 5.74) is 5.56. The Bertz CT molecular complexity index is 432. The standard InChI is InChI=1S/C12H18ClN5/c1-6(9-5-7-2-3-8(9)4-7)15-12-17-10(13)16-11(14)18-12/h6-9H,2-5H2,1H3,(H3,14,15,16,17,18). The molecule has 3 rings (SSSR count). The van der Waals surface area contributed by atoms with Crippen molar-refractivity contribution in [3.8, 4) is 0 Å². The first-order chi connectivity index (χ1) is 8.61. The van der Waals surface area contributed by atoms with Crippen LogP contribution in [0.3, 0.4) is 0 Å². The van der Waals surface area contributed by atoms with E-state index in [0.717, 1.165) is 17.8 Å². The minimum atomic E-state index is 0.144. The summed E-state index contributed by atoms with van der Waals surface area (Å²) in [4.78, 5) is 11.9. The number of rotatable bonds is 3. The zero-order valence-electron chi connectivity index (χ0n) is 10.4. The maximum Gasteiger partial charge on any atom is 0.229 e. The molecule has 0 aliphatic heterocycles. The molecule has 2 aliphatic rings. The van der Waals surface area contributed by atoms with E-state index in [9.17, 15) is 0 Å². The number of fused-ring (bicyclic) bond motifs is 2. The summed E-state index contributed by atoms with van der Waals surface area (Å²) in [7, 11) is 0. The largest absolute Gasteiger partial charge is 0.368 e. The second kappa shape index (κ2) is 4.53. The smallest absolute Gasteiger partial charge is 0.229 e. The highest BCUT2D eigenvalue weighted by Crippen LogP contribution is 2.49. The number of aromatic nitrogens is 3. The molecule has 0 amide bonds. The third-order valence-corrected chi connectivity index (χ3v) is 4.59. The van der Waals surface area contributed by atoms with Crippen LogP contribution in [0.2, 0.25) is 5.28 Å². The van der Waals surface area contributed by atoms with Crippen LogP contribution in [0.1, 0.15) is 32.6 Å². The summed E-state index contributed by atoms with van der Waals surface area (Å²) < 4.78 is 0. The molecule has 2 saturated carbocycles. The summed E-state index contributed by atoms with van der Waals surface area (Å²) in [6.07, 6.45) is 5.52. The van der Waals surface area contributed by atoms with E-state index in [-0.39, 0.29) is 11.2 Å². The molecule has 0 saturated heterocycles. The van der Waals surface area contributed by atoms with Gasteiger partial charge in [-0.1, -0.05) is 6.42 Å². The van der Waals surface area contributed by atoms with Crippen LogP contribution in [0.4, 0.5) is 11.9 Å². The monoisotopic (exact) mass is 267 g/mol. The first kappa shape index (κ1) is 12.0. The van der Waals surface area contributed by atoms with Gasteiger partial charge in [0.05, 0.1) is 0 Å². The van der Waals surface area contributed by atoms with Crippen molar-refractivity contribution in [2.45, 2.75) is 38.6 Å². The molecule has 2 fully saturated rings. The van der Waals surface area contributed by atoms with Crippen molar-refractivity contribution < 1.29 is 0 Å². The van der Waals surface area contributed by atoms with Crippen molar-refractivity contribution >= 4 is 23.5 Å². The van der Waals surface area contributed by atoms with Gasteiger partial charge in [-0.05, 0) is 55.5 Å². The maximum absolute atomic E-state index is 5.77. The Morgan fingerprint density at radius 1 is 1.28 bits per heavy atom. The van der Waals surface area contributed by atoms with Crippen LogP contribution in [0.15, 0.2) is 0 Å². The third kappa shape index (κ3) is 2.23. The van der Waals surface area contributed by atoms with Gasteiger partial charge in [0.2, 0.25) is 17.2 Å². The molecule has 1 heterocycles. The Hall–Kier alpha value is -1.10. The van der Waals surface area contributed by atoms with Crippen molar-refractivity contribution in [2.24, 2.45) is 17.8 Å². The SMILES string of the molecule is CC(Nc1nc(N)nc(Cl)n1)C1CC2CCC1C2. The Morgan fingerprint density at radius 2 is 2.11 bits per heavy atom. The Kier molecular flexibility index (Phi) is 3.01. The molecule has 2 bridgehead atoms. The molecular weight excluding hydrogens is 250 g/mol. The second-order valence-corrected chi connectivity index (χ2v) is 5.90. The zero-order valence-corrected chi connectivity index (χ0v) is 11.2. The van der Waals surface area contributed by atoms with Gasteiger partial charge in [0.25, 0.3) is 0 Å². The quantitative estimate of drug-likeness (QED) is 0.879. The first-order valence-electron chi connectivity index (χ1n) is 6.55. The maximum atomic E-state index is 5.77. The number of nitrogens with two attached hydrogens (primary N) is 1. The van der Waals surface area contributed by atoms with Crippen molar-refractivity contribution in [1.82, 2.24) is 15.0 Å². The molecule has 0 spiro atoms. The van der Waals surface area contributed by atoms with E-state index in [0.29, 0.717) is 12.0 Å². The van der Waals surface area contributed by atoms with Gasteiger partial charge >= 0.3 is 0 Å². The number of anilines is 2. The van der Waals surface area contributed by atoms with E-state index in [4.69, 9.17) is 17.3 Å². The summed E-state index contributed by atoms with van der Waals surface area (Å²) in [6, 6.07) is 0.359. The van der Waals surface area contributed by atoms with Crippen LogP contribution in [0.5, 0.6) is 0 Å². The lowest BCUT2D eigenvalue weighted by Gasteiger charge is -2.28. The second-order valence-electron chi connectivity index (χ2n) is 5.56. The molecule has 1 aromatic heterocycles. The normalized spacial score (nSPS) is 31.6. The highest BCUT2D eigenvalue weighted by atomic mass is 35.5. The van der Waals surface area contributed by atoms with E-state index >= 15 is 0 Å². The Labute approximate surface area is 112 Å². The van der Waals surface area contributed by atoms with Crippen LogP contribution in [0, 0.1) is 17.8 Å². The predicted molar refractivity (Wildman–Crippen MR) is 71.3 cm³/mol. The van der Waals surface area contributed by atoms with E-state index in [1.807, 2.05) is 0 Å². The van der Waals surface area contributed by atoms with Gasteiger partial charge in [0.1, 0.15) is 0 Å². The van der Waals surface area contributed by atoms with Gasteiger partial charge < -0.3 is 11.1 Å². The fourth-order valence-electron chi connectivity index (χ4n) is 3.65.